The van der Waals surface area contributed by atoms with Crippen LogP contribution in [0, 0.1) is 5.92 Å². The number of amides is 1. The molecule has 0 radical (unpaired) electrons. The Hall–Kier alpha value is -1.30. The van der Waals surface area contributed by atoms with Gasteiger partial charge in [0.1, 0.15) is 5.60 Å². The van der Waals surface area contributed by atoms with Crippen molar-refractivity contribution < 1.29 is 23.8 Å². The molecular weight excluding hydrogens is 262 g/mol. The topological polar surface area (TPSA) is 65.1 Å². The van der Waals surface area contributed by atoms with Crippen molar-refractivity contribution in [2.75, 3.05) is 19.7 Å². The highest BCUT2D eigenvalue weighted by Gasteiger charge is 2.47. The van der Waals surface area contributed by atoms with Crippen LogP contribution in [0.25, 0.3) is 0 Å². The summed E-state index contributed by atoms with van der Waals surface area (Å²) in [6.07, 6.45) is -0.112. The van der Waals surface area contributed by atoms with Gasteiger partial charge in [-0.25, -0.2) is 4.79 Å². The maximum Gasteiger partial charge on any atom is 0.410 e. The fourth-order valence-electron chi connectivity index (χ4n) is 2.63. The molecule has 0 aromatic heterocycles. The zero-order chi connectivity index (χ0) is 14.9. The molecule has 2 heterocycles. The number of likely N-dealkylation sites (tertiary alicyclic amines) is 1. The fraction of sp³-hybridized carbons (Fsp3) is 0.857. The summed E-state index contributed by atoms with van der Waals surface area (Å²) in [6.45, 7) is 8.51. The Kier molecular flexibility index (Phi) is 4.22. The normalized spacial score (nSPS) is 29.2. The lowest BCUT2D eigenvalue weighted by Crippen LogP contribution is -2.48. The van der Waals surface area contributed by atoms with Crippen molar-refractivity contribution in [1.82, 2.24) is 4.90 Å². The Morgan fingerprint density at radius 3 is 2.60 bits per heavy atom. The van der Waals surface area contributed by atoms with E-state index in [0.29, 0.717) is 26.1 Å². The van der Waals surface area contributed by atoms with E-state index in [4.69, 9.17) is 14.2 Å². The van der Waals surface area contributed by atoms with Crippen LogP contribution in [-0.2, 0) is 19.0 Å². The van der Waals surface area contributed by atoms with Crippen molar-refractivity contribution in [2.24, 2.45) is 5.92 Å². The highest BCUT2D eigenvalue weighted by Crippen LogP contribution is 2.33. The molecule has 2 aliphatic heterocycles. The van der Waals surface area contributed by atoms with E-state index in [1.54, 1.807) is 11.8 Å². The van der Waals surface area contributed by atoms with E-state index < -0.39 is 5.60 Å². The van der Waals surface area contributed by atoms with Crippen LogP contribution < -0.4 is 0 Å². The van der Waals surface area contributed by atoms with Crippen molar-refractivity contribution >= 4 is 12.1 Å². The first-order valence-corrected chi connectivity index (χ1v) is 7.10. The minimum atomic E-state index is -0.519. The second-order valence-electron chi connectivity index (χ2n) is 6.28. The summed E-state index contributed by atoms with van der Waals surface area (Å²) in [7, 11) is 0. The molecular formula is C14H23NO5. The molecule has 0 spiro atoms. The summed E-state index contributed by atoms with van der Waals surface area (Å²) >= 11 is 0. The fourth-order valence-corrected chi connectivity index (χ4v) is 2.63. The molecule has 114 valence electrons. The molecule has 6 nitrogen and oxygen atoms in total. The average molecular weight is 285 g/mol. The summed E-state index contributed by atoms with van der Waals surface area (Å²) in [6, 6.07) is 0. The van der Waals surface area contributed by atoms with Gasteiger partial charge in [-0.2, -0.15) is 0 Å². The molecule has 2 aliphatic rings. The highest BCUT2D eigenvalue weighted by atomic mass is 16.6. The lowest BCUT2D eigenvalue weighted by Gasteiger charge is -2.34. The number of ether oxygens (including phenoxy) is 3. The Morgan fingerprint density at radius 1 is 1.30 bits per heavy atom. The number of carbonyl (C=O) groups is 2. The van der Waals surface area contributed by atoms with Gasteiger partial charge in [-0.1, -0.05) is 0 Å². The van der Waals surface area contributed by atoms with Gasteiger partial charge in [-0.05, 0) is 34.1 Å². The third kappa shape index (κ3) is 3.42. The first-order valence-electron chi connectivity index (χ1n) is 7.10. The minimum absolute atomic E-state index is 0.101. The van der Waals surface area contributed by atoms with Crippen LogP contribution in [0.4, 0.5) is 4.79 Å². The number of carbonyl (C=O) groups excluding carboxylic acids is 2. The number of hydrogen-bond donors (Lipinski definition) is 0. The number of rotatable bonds is 2. The second-order valence-corrected chi connectivity index (χ2v) is 6.28. The Bertz CT molecular complexity index is 390. The van der Waals surface area contributed by atoms with Gasteiger partial charge in [0.25, 0.3) is 0 Å². The van der Waals surface area contributed by atoms with E-state index in [9.17, 15) is 9.59 Å². The summed E-state index contributed by atoms with van der Waals surface area (Å²) in [5.41, 5.74) is -0.519. The quantitative estimate of drug-likeness (QED) is 0.721. The maximum absolute atomic E-state index is 12.1. The summed E-state index contributed by atoms with van der Waals surface area (Å²) in [5.74, 6) is -0.501. The number of morpholine rings is 1. The standard InChI is InChI=1S/C14H23NO5/c1-5-18-12(16)10-6-9-7-15(8-11(10)19-9)13(17)20-14(2,3)4/h9-11H,5-8H2,1-4H3. The molecule has 0 aliphatic carbocycles. The van der Waals surface area contributed by atoms with Gasteiger partial charge >= 0.3 is 12.1 Å². The SMILES string of the molecule is CCOC(=O)C1CC2CN(C(=O)OC(C)(C)C)CC1O2. The number of hydrogen-bond acceptors (Lipinski definition) is 5. The van der Waals surface area contributed by atoms with Gasteiger partial charge in [0, 0.05) is 0 Å². The molecule has 0 N–H and O–H groups in total. The zero-order valence-corrected chi connectivity index (χ0v) is 12.5. The molecule has 2 saturated heterocycles. The van der Waals surface area contributed by atoms with E-state index in [2.05, 4.69) is 0 Å². The maximum atomic E-state index is 12.1. The largest absolute Gasteiger partial charge is 0.466 e. The van der Waals surface area contributed by atoms with Gasteiger partial charge in [-0.15, -0.1) is 0 Å². The molecule has 3 unspecified atom stereocenters. The van der Waals surface area contributed by atoms with Crippen molar-refractivity contribution in [3.05, 3.63) is 0 Å². The van der Waals surface area contributed by atoms with Crippen LogP contribution in [0.15, 0.2) is 0 Å². The number of nitrogens with zero attached hydrogens (tertiary/aromatic N) is 1. The second kappa shape index (κ2) is 5.60. The van der Waals surface area contributed by atoms with E-state index in [1.165, 1.54) is 0 Å². The van der Waals surface area contributed by atoms with Gasteiger partial charge in [0.15, 0.2) is 0 Å². The van der Waals surface area contributed by atoms with Crippen LogP contribution >= 0.6 is 0 Å². The van der Waals surface area contributed by atoms with Crippen LogP contribution in [-0.4, -0.2) is 54.5 Å². The molecule has 0 aromatic rings. The molecule has 6 heteroatoms. The third-order valence-corrected chi connectivity index (χ3v) is 3.40. The van der Waals surface area contributed by atoms with E-state index >= 15 is 0 Å². The van der Waals surface area contributed by atoms with E-state index in [-0.39, 0.29) is 30.2 Å². The molecule has 3 atom stereocenters. The van der Waals surface area contributed by atoms with Gasteiger partial charge in [0.2, 0.25) is 0 Å². The van der Waals surface area contributed by atoms with Crippen LogP contribution in [0.5, 0.6) is 0 Å². The third-order valence-electron chi connectivity index (χ3n) is 3.40. The molecule has 2 bridgehead atoms. The summed E-state index contributed by atoms with van der Waals surface area (Å²) < 4.78 is 16.2. The van der Waals surface area contributed by atoms with Gasteiger partial charge < -0.3 is 19.1 Å². The van der Waals surface area contributed by atoms with Gasteiger partial charge in [0.05, 0.1) is 37.8 Å². The van der Waals surface area contributed by atoms with Crippen LogP contribution in [0.1, 0.15) is 34.1 Å². The van der Waals surface area contributed by atoms with Crippen molar-refractivity contribution in [3.8, 4) is 0 Å². The first kappa shape index (κ1) is 15.1. The average Bonchev–Trinajstić information content (AvgIpc) is 2.62. The Labute approximate surface area is 119 Å². The first-order chi connectivity index (χ1) is 9.30. The van der Waals surface area contributed by atoms with Gasteiger partial charge in [-0.3, -0.25) is 4.79 Å². The van der Waals surface area contributed by atoms with E-state index in [1.807, 2.05) is 20.8 Å². The molecule has 0 aromatic carbocycles. The number of fused-ring (bicyclic) bond motifs is 2. The molecule has 2 fully saturated rings. The van der Waals surface area contributed by atoms with Crippen LogP contribution in [0.3, 0.4) is 0 Å². The zero-order valence-electron chi connectivity index (χ0n) is 12.5. The van der Waals surface area contributed by atoms with Crippen molar-refractivity contribution in [2.45, 2.75) is 51.9 Å². The lowest BCUT2D eigenvalue weighted by molar-refractivity contribution is -0.150. The summed E-state index contributed by atoms with van der Waals surface area (Å²) in [4.78, 5) is 25.6. The lowest BCUT2D eigenvalue weighted by atomic mass is 10.0. The minimum Gasteiger partial charge on any atom is -0.466 e. The molecule has 1 amide bonds. The van der Waals surface area contributed by atoms with E-state index in [0.717, 1.165) is 0 Å². The molecule has 0 saturated carbocycles. The number of esters is 1. The smallest absolute Gasteiger partial charge is 0.410 e. The Morgan fingerprint density at radius 2 is 2.00 bits per heavy atom. The Balaban J connectivity index is 1.96. The molecule has 2 rings (SSSR count). The monoisotopic (exact) mass is 285 g/mol. The molecule has 20 heavy (non-hydrogen) atoms. The predicted molar refractivity (Wildman–Crippen MR) is 71.2 cm³/mol. The van der Waals surface area contributed by atoms with Crippen LogP contribution in [0.2, 0.25) is 0 Å². The summed E-state index contributed by atoms with van der Waals surface area (Å²) in [5, 5.41) is 0. The predicted octanol–water partition coefficient (Wildman–Crippen LogP) is 1.57. The van der Waals surface area contributed by atoms with Crippen molar-refractivity contribution in [3.63, 3.8) is 0 Å². The van der Waals surface area contributed by atoms with Crippen molar-refractivity contribution in [1.29, 1.82) is 0 Å². The highest BCUT2D eigenvalue weighted by molar-refractivity contribution is 5.74.